The standard InChI is InChI=1S/C19H24N2O3/c1-2-5-13-8-10-14(11-9-13)20-17(22)12-21-18(23)15-6-3-4-7-16(15)19(21)24/h8-11,15-16H,2-7,12H2,1H3,(H,20,22). The zero-order valence-corrected chi connectivity index (χ0v) is 14.1. The van der Waals surface area contributed by atoms with E-state index in [1.165, 1.54) is 5.56 Å². The van der Waals surface area contributed by atoms with E-state index in [2.05, 4.69) is 12.2 Å². The van der Waals surface area contributed by atoms with Crippen LogP contribution >= 0.6 is 0 Å². The molecule has 0 bridgehead atoms. The summed E-state index contributed by atoms with van der Waals surface area (Å²) in [6.07, 6.45) is 5.61. The third-order valence-electron chi connectivity index (χ3n) is 5.01. The molecule has 24 heavy (non-hydrogen) atoms. The molecule has 3 rings (SSSR count). The summed E-state index contributed by atoms with van der Waals surface area (Å²) >= 11 is 0. The van der Waals surface area contributed by atoms with Crippen LogP contribution in [0.5, 0.6) is 0 Å². The van der Waals surface area contributed by atoms with Gasteiger partial charge in [0.05, 0.1) is 11.8 Å². The molecule has 1 aliphatic heterocycles. The van der Waals surface area contributed by atoms with Crippen molar-refractivity contribution in [3.05, 3.63) is 29.8 Å². The molecule has 1 heterocycles. The van der Waals surface area contributed by atoms with Gasteiger partial charge >= 0.3 is 0 Å². The molecule has 5 heteroatoms. The molecule has 1 saturated carbocycles. The van der Waals surface area contributed by atoms with Crippen molar-refractivity contribution < 1.29 is 14.4 Å². The van der Waals surface area contributed by atoms with Crippen molar-refractivity contribution in [1.82, 2.24) is 4.90 Å². The average Bonchev–Trinajstić information content (AvgIpc) is 2.82. The Balaban J connectivity index is 1.60. The number of nitrogens with zero attached hydrogens (tertiary/aromatic N) is 1. The molecule has 2 aliphatic rings. The number of anilines is 1. The van der Waals surface area contributed by atoms with E-state index >= 15 is 0 Å². The summed E-state index contributed by atoms with van der Waals surface area (Å²) in [4.78, 5) is 38.1. The van der Waals surface area contributed by atoms with Crippen LogP contribution in [0.25, 0.3) is 0 Å². The molecule has 1 aromatic rings. The van der Waals surface area contributed by atoms with Gasteiger partial charge in [0.25, 0.3) is 0 Å². The number of fused-ring (bicyclic) bond motifs is 1. The molecule has 2 fully saturated rings. The summed E-state index contributed by atoms with van der Waals surface area (Å²) < 4.78 is 0. The predicted octanol–water partition coefficient (Wildman–Crippen LogP) is 2.75. The van der Waals surface area contributed by atoms with Crippen LogP contribution in [0.3, 0.4) is 0 Å². The zero-order valence-electron chi connectivity index (χ0n) is 14.1. The van der Waals surface area contributed by atoms with Gasteiger partial charge in [-0.2, -0.15) is 0 Å². The maximum absolute atomic E-state index is 12.4. The maximum atomic E-state index is 12.4. The van der Waals surface area contributed by atoms with Gasteiger partial charge in [0.15, 0.2) is 0 Å². The van der Waals surface area contributed by atoms with Gasteiger partial charge in [-0.1, -0.05) is 38.3 Å². The van der Waals surface area contributed by atoms with Gasteiger partial charge in [-0.15, -0.1) is 0 Å². The van der Waals surface area contributed by atoms with Gasteiger partial charge in [0.1, 0.15) is 6.54 Å². The van der Waals surface area contributed by atoms with Gasteiger partial charge < -0.3 is 5.32 Å². The number of benzene rings is 1. The van der Waals surface area contributed by atoms with Crippen molar-refractivity contribution in [2.45, 2.75) is 45.4 Å². The van der Waals surface area contributed by atoms with Crippen molar-refractivity contribution in [2.75, 3.05) is 11.9 Å². The molecule has 1 N–H and O–H groups in total. The third-order valence-corrected chi connectivity index (χ3v) is 5.01. The summed E-state index contributed by atoms with van der Waals surface area (Å²) in [5.41, 5.74) is 1.92. The van der Waals surface area contributed by atoms with Crippen molar-refractivity contribution in [3.63, 3.8) is 0 Å². The minimum absolute atomic E-state index is 0.168. The Morgan fingerprint density at radius 3 is 2.21 bits per heavy atom. The van der Waals surface area contributed by atoms with E-state index in [-0.39, 0.29) is 36.1 Å². The number of hydrogen-bond acceptors (Lipinski definition) is 3. The number of nitrogens with one attached hydrogen (secondary N) is 1. The van der Waals surface area contributed by atoms with Crippen molar-refractivity contribution in [1.29, 1.82) is 0 Å². The van der Waals surface area contributed by atoms with E-state index in [9.17, 15) is 14.4 Å². The van der Waals surface area contributed by atoms with Crippen molar-refractivity contribution in [2.24, 2.45) is 11.8 Å². The predicted molar refractivity (Wildman–Crippen MR) is 91.2 cm³/mol. The Hall–Kier alpha value is -2.17. The average molecular weight is 328 g/mol. The van der Waals surface area contributed by atoms with Crippen LogP contribution in [0.4, 0.5) is 5.69 Å². The van der Waals surface area contributed by atoms with Gasteiger partial charge in [-0.25, -0.2) is 0 Å². The lowest BCUT2D eigenvalue weighted by Gasteiger charge is -2.19. The highest BCUT2D eigenvalue weighted by atomic mass is 16.2. The molecular weight excluding hydrogens is 304 g/mol. The molecule has 3 amide bonds. The van der Waals surface area contributed by atoms with E-state index in [4.69, 9.17) is 0 Å². The molecule has 128 valence electrons. The zero-order chi connectivity index (χ0) is 17.1. The second kappa shape index (κ2) is 7.16. The van der Waals surface area contributed by atoms with Gasteiger partial charge in [0, 0.05) is 5.69 Å². The highest BCUT2D eigenvalue weighted by molar-refractivity contribution is 6.08. The number of carbonyl (C=O) groups excluding carboxylic acids is 3. The summed E-state index contributed by atoms with van der Waals surface area (Å²) in [7, 11) is 0. The lowest BCUT2D eigenvalue weighted by molar-refractivity contribution is -0.142. The summed E-state index contributed by atoms with van der Waals surface area (Å²) in [6, 6.07) is 7.69. The number of rotatable bonds is 5. The minimum atomic E-state index is -0.321. The smallest absolute Gasteiger partial charge is 0.244 e. The van der Waals surface area contributed by atoms with E-state index in [1.807, 2.05) is 24.3 Å². The van der Waals surface area contributed by atoms with Crippen molar-refractivity contribution >= 4 is 23.4 Å². The molecular formula is C19H24N2O3. The van der Waals surface area contributed by atoms with E-state index in [0.717, 1.165) is 43.4 Å². The van der Waals surface area contributed by atoms with Gasteiger partial charge in [0.2, 0.25) is 17.7 Å². The number of hydrogen-bond donors (Lipinski definition) is 1. The van der Waals surface area contributed by atoms with Crippen LogP contribution in [0, 0.1) is 11.8 Å². The fourth-order valence-corrected chi connectivity index (χ4v) is 3.77. The van der Waals surface area contributed by atoms with E-state index in [1.54, 1.807) is 0 Å². The number of aryl methyl sites for hydroxylation is 1. The van der Waals surface area contributed by atoms with Gasteiger partial charge in [-0.05, 0) is 37.0 Å². The summed E-state index contributed by atoms with van der Waals surface area (Å²) in [6.45, 7) is 1.94. The first-order valence-corrected chi connectivity index (χ1v) is 8.84. The minimum Gasteiger partial charge on any atom is -0.325 e. The van der Waals surface area contributed by atoms with E-state index in [0.29, 0.717) is 5.69 Å². The first-order chi connectivity index (χ1) is 11.6. The lowest BCUT2D eigenvalue weighted by Crippen LogP contribution is -2.38. The second-order valence-electron chi connectivity index (χ2n) is 6.76. The van der Waals surface area contributed by atoms with E-state index < -0.39 is 0 Å². The normalized spacial score (nSPS) is 23.3. The largest absolute Gasteiger partial charge is 0.325 e. The molecule has 1 aromatic carbocycles. The van der Waals surface area contributed by atoms with Crippen LogP contribution in [0.2, 0.25) is 0 Å². The molecule has 1 aliphatic carbocycles. The molecule has 2 atom stereocenters. The number of amides is 3. The topological polar surface area (TPSA) is 66.5 Å². The highest BCUT2D eigenvalue weighted by Crippen LogP contribution is 2.37. The van der Waals surface area contributed by atoms with Crippen LogP contribution in [-0.4, -0.2) is 29.2 Å². The fraction of sp³-hybridized carbons (Fsp3) is 0.526. The fourth-order valence-electron chi connectivity index (χ4n) is 3.77. The van der Waals surface area contributed by atoms with Crippen LogP contribution in [-0.2, 0) is 20.8 Å². The molecule has 0 spiro atoms. The SMILES string of the molecule is CCCc1ccc(NC(=O)CN2C(=O)C3CCCCC3C2=O)cc1. The third kappa shape index (κ3) is 3.35. The number of imide groups is 1. The van der Waals surface area contributed by atoms with Crippen LogP contribution in [0.1, 0.15) is 44.6 Å². The Labute approximate surface area is 142 Å². The Bertz CT molecular complexity index is 615. The molecule has 5 nitrogen and oxygen atoms in total. The monoisotopic (exact) mass is 328 g/mol. The highest BCUT2D eigenvalue weighted by Gasteiger charge is 2.48. The van der Waals surface area contributed by atoms with Crippen LogP contribution in [0.15, 0.2) is 24.3 Å². The molecule has 0 aromatic heterocycles. The first kappa shape index (κ1) is 16.7. The second-order valence-corrected chi connectivity index (χ2v) is 6.76. The molecule has 1 saturated heterocycles. The Morgan fingerprint density at radius 1 is 1.08 bits per heavy atom. The Kier molecular flexibility index (Phi) is 4.97. The lowest BCUT2D eigenvalue weighted by atomic mass is 9.81. The van der Waals surface area contributed by atoms with Gasteiger partial charge in [-0.3, -0.25) is 19.3 Å². The molecule has 2 unspecified atom stereocenters. The molecule has 0 radical (unpaired) electrons. The number of likely N-dealkylation sites (tertiary alicyclic amines) is 1. The number of carbonyl (C=O) groups is 3. The maximum Gasteiger partial charge on any atom is 0.244 e. The summed E-state index contributed by atoms with van der Waals surface area (Å²) in [5, 5.41) is 2.78. The summed E-state index contributed by atoms with van der Waals surface area (Å²) in [5.74, 6) is -1.06. The Morgan fingerprint density at radius 2 is 1.67 bits per heavy atom. The van der Waals surface area contributed by atoms with Crippen LogP contribution < -0.4 is 5.32 Å². The quantitative estimate of drug-likeness (QED) is 0.845. The first-order valence-electron chi connectivity index (χ1n) is 8.84. The van der Waals surface area contributed by atoms with Crippen molar-refractivity contribution in [3.8, 4) is 0 Å².